The Kier molecular flexibility index (Phi) is 6.27. The maximum atomic E-state index is 5.38. The van der Waals surface area contributed by atoms with Crippen LogP contribution in [0.15, 0.2) is 53.0 Å². The highest BCUT2D eigenvalue weighted by Crippen LogP contribution is 2.17. The highest BCUT2D eigenvalue weighted by Gasteiger charge is 2.05. The molecule has 0 bridgehead atoms. The second-order valence-corrected chi connectivity index (χ2v) is 6.16. The molecule has 0 saturated heterocycles. The van der Waals surface area contributed by atoms with Gasteiger partial charge in [0.15, 0.2) is 0 Å². The van der Waals surface area contributed by atoms with E-state index < -0.39 is 0 Å². The van der Waals surface area contributed by atoms with Crippen molar-refractivity contribution in [3.8, 4) is 5.75 Å². The van der Waals surface area contributed by atoms with Crippen LogP contribution in [-0.4, -0.2) is 19.7 Å². The molecule has 0 aliphatic heterocycles. The largest absolute Gasteiger partial charge is 0.496 e. The Balaban J connectivity index is 1.79. The molecule has 0 aromatic heterocycles. The van der Waals surface area contributed by atoms with Crippen molar-refractivity contribution >= 4 is 15.9 Å². The smallest absolute Gasteiger partial charge is 0.122 e. The van der Waals surface area contributed by atoms with Crippen LogP contribution in [0.1, 0.15) is 18.1 Å². The van der Waals surface area contributed by atoms with Gasteiger partial charge in [0, 0.05) is 10.5 Å². The number of hydrogen-bond donors (Lipinski definition) is 1. The van der Waals surface area contributed by atoms with Crippen molar-refractivity contribution in [1.29, 1.82) is 0 Å². The summed E-state index contributed by atoms with van der Waals surface area (Å²) in [4.78, 5) is 0. The number of halogens is 1. The maximum absolute atomic E-state index is 5.38. The van der Waals surface area contributed by atoms with Crippen LogP contribution in [-0.2, 0) is 12.8 Å². The molecule has 2 nitrogen and oxygen atoms in total. The lowest BCUT2D eigenvalue weighted by Crippen LogP contribution is -2.30. The van der Waals surface area contributed by atoms with Gasteiger partial charge in [-0.1, -0.05) is 46.3 Å². The van der Waals surface area contributed by atoms with Crippen LogP contribution in [0.4, 0.5) is 0 Å². The SMILES string of the molecule is COc1ccccc1CCNC(C)Cc1ccc(Br)cc1. The molecule has 0 aliphatic carbocycles. The maximum Gasteiger partial charge on any atom is 0.122 e. The predicted octanol–water partition coefficient (Wildman–Crippen LogP) is 4.22. The van der Waals surface area contributed by atoms with E-state index in [1.165, 1.54) is 11.1 Å². The normalized spacial score (nSPS) is 12.1. The van der Waals surface area contributed by atoms with E-state index >= 15 is 0 Å². The van der Waals surface area contributed by atoms with E-state index in [1.807, 2.05) is 12.1 Å². The lowest BCUT2D eigenvalue weighted by atomic mass is 10.1. The van der Waals surface area contributed by atoms with Crippen molar-refractivity contribution in [3.63, 3.8) is 0 Å². The Bertz CT molecular complexity index is 553. The minimum Gasteiger partial charge on any atom is -0.496 e. The van der Waals surface area contributed by atoms with Gasteiger partial charge in [0.25, 0.3) is 0 Å². The number of benzene rings is 2. The molecule has 1 unspecified atom stereocenters. The zero-order chi connectivity index (χ0) is 15.1. The number of nitrogens with one attached hydrogen (secondary N) is 1. The first-order valence-corrected chi connectivity index (χ1v) is 8.08. The van der Waals surface area contributed by atoms with Crippen LogP contribution < -0.4 is 10.1 Å². The third-order valence-electron chi connectivity index (χ3n) is 3.53. The topological polar surface area (TPSA) is 21.3 Å². The zero-order valence-electron chi connectivity index (χ0n) is 12.6. The van der Waals surface area contributed by atoms with Gasteiger partial charge in [-0.15, -0.1) is 0 Å². The molecule has 21 heavy (non-hydrogen) atoms. The summed E-state index contributed by atoms with van der Waals surface area (Å²) in [5.74, 6) is 0.972. The molecule has 2 rings (SSSR count). The molecule has 0 aliphatic rings. The van der Waals surface area contributed by atoms with Crippen LogP contribution in [0.5, 0.6) is 5.75 Å². The summed E-state index contributed by atoms with van der Waals surface area (Å²) in [5.41, 5.74) is 2.61. The summed E-state index contributed by atoms with van der Waals surface area (Å²) in [6.07, 6.45) is 2.02. The molecule has 3 heteroatoms. The first-order chi connectivity index (χ1) is 10.2. The highest BCUT2D eigenvalue weighted by molar-refractivity contribution is 9.10. The minimum absolute atomic E-state index is 0.459. The van der Waals surface area contributed by atoms with Gasteiger partial charge in [-0.25, -0.2) is 0 Å². The van der Waals surface area contributed by atoms with Crippen LogP contribution in [0, 0.1) is 0 Å². The van der Waals surface area contributed by atoms with Gasteiger partial charge in [0.1, 0.15) is 5.75 Å². The quantitative estimate of drug-likeness (QED) is 0.809. The Labute approximate surface area is 135 Å². The molecule has 0 fully saturated rings. The third kappa shape index (κ3) is 5.18. The van der Waals surface area contributed by atoms with E-state index in [4.69, 9.17) is 4.74 Å². The number of para-hydroxylation sites is 1. The van der Waals surface area contributed by atoms with Gasteiger partial charge in [0.2, 0.25) is 0 Å². The van der Waals surface area contributed by atoms with Gasteiger partial charge < -0.3 is 10.1 Å². The second kappa shape index (κ2) is 8.20. The van der Waals surface area contributed by atoms with Gasteiger partial charge >= 0.3 is 0 Å². The fourth-order valence-electron chi connectivity index (χ4n) is 2.41. The fraction of sp³-hybridized carbons (Fsp3) is 0.333. The molecule has 0 amide bonds. The first-order valence-electron chi connectivity index (χ1n) is 7.29. The van der Waals surface area contributed by atoms with Crippen LogP contribution in [0.3, 0.4) is 0 Å². The molecule has 0 heterocycles. The zero-order valence-corrected chi connectivity index (χ0v) is 14.2. The molecule has 0 radical (unpaired) electrons. The molecule has 1 atom stereocenters. The standard InChI is InChI=1S/C18H22BrNO/c1-14(13-15-7-9-17(19)10-8-15)20-12-11-16-5-3-4-6-18(16)21-2/h3-10,14,20H,11-13H2,1-2H3. The summed E-state index contributed by atoms with van der Waals surface area (Å²) in [7, 11) is 1.72. The Hall–Kier alpha value is -1.32. The Morgan fingerprint density at radius 2 is 1.81 bits per heavy atom. The lowest BCUT2D eigenvalue weighted by Gasteiger charge is -2.15. The van der Waals surface area contributed by atoms with Crippen molar-refractivity contribution in [2.75, 3.05) is 13.7 Å². The lowest BCUT2D eigenvalue weighted by molar-refractivity contribution is 0.408. The number of ether oxygens (including phenoxy) is 1. The Morgan fingerprint density at radius 3 is 2.52 bits per heavy atom. The summed E-state index contributed by atoms with van der Waals surface area (Å²) in [6.45, 7) is 3.18. The average Bonchev–Trinajstić information content (AvgIpc) is 2.50. The molecular formula is C18H22BrNO. The van der Waals surface area contributed by atoms with E-state index in [9.17, 15) is 0 Å². The molecule has 0 spiro atoms. The molecule has 0 saturated carbocycles. The molecule has 1 N–H and O–H groups in total. The second-order valence-electron chi connectivity index (χ2n) is 5.25. The number of methoxy groups -OCH3 is 1. The van der Waals surface area contributed by atoms with E-state index in [0.717, 1.165) is 29.6 Å². The van der Waals surface area contributed by atoms with Crippen LogP contribution in [0.25, 0.3) is 0 Å². The minimum atomic E-state index is 0.459. The summed E-state index contributed by atoms with van der Waals surface area (Å²) in [6, 6.07) is 17.2. The highest BCUT2D eigenvalue weighted by atomic mass is 79.9. The predicted molar refractivity (Wildman–Crippen MR) is 92.0 cm³/mol. The Morgan fingerprint density at radius 1 is 1.10 bits per heavy atom. The van der Waals surface area contributed by atoms with E-state index in [-0.39, 0.29) is 0 Å². The van der Waals surface area contributed by atoms with E-state index in [1.54, 1.807) is 7.11 Å². The van der Waals surface area contributed by atoms with Crippen LogP contribution >= 0.6 is 15.9 Å². The van der Waals surface area contributed by atoms with Gasteiger partial charge in [-0.05, 0) is 55.6 Å². The molecular weight excluding hydrogens is 326 g/mol. The summed E-state index contributed by atoms with van der Waals surface area (Å²) < 4.78 is 6.51. The molecule has 2 aromatic rings. The third-order valence-corrected chi connectivity index (χ3v) is 4.06. The van der Waals surface area contributed by atoms with Gasteiger partial charge in [0.05, 0.1) is 7.11 Å². The van der Waals surface area contributed by atoms with Crippen molar-refractivity contribution < 1.29 is 4.74 Å². The van der Waals surface area contributed by atoms with Crippen molar-refractivity contribution in [3.05, 3.63) is 64.1 Å². The van der Waals surface area contributed by atoms with Gasteiger partial charge in [-0.3, -0.25) is 0 Å². The van der Waals surface area contributed by atoms with Crippen molar-refractivity contribution in [2.45, 2.75) is 25.8 Å². The monoisotopic (exact) mass is 347 g/mol. The van der Waals surface area contributed by atoms with Crippen molar-refractivity contribution in [1.82, 2.24) is 5.32 Å². The summed E-state index contributed by atoms with van der Waals surface area (Å²) in [5, 5.41) is 3.58. The average molecular weight is 348 g/mol. The summed E-state index contributed by atoms with van der Waals surface area (Å²) >= 11 is 3.47. The molecule has 2 aromatic carbocycles. The van der Waals surface area contributed by atoms with Crippen molar-refractivity contribution in [2.24, 2.45) is 0 Å². The number of hydrogen-bond acceptors (Lipinski definition) is 2. The fourth-order valence-corrected chi connectivity index (χ4v) is 2.67. The van der Waals surface area contributed by atoms with Gasteiger partial charge in [-0.2, -0.15) is 0 Å². The van der Waals surface area contributed by atoms with E-state index in [0.29, 0.717) is 6.04 Å². The molecule has 112 valence electrons. The van der Waals surface area contributed by atoms with Crippen LogP contribution in [0.2, 0.25) is 0 Å². The van der Waals surface area contributed by atoms with E-state index in [2.05, 4.69) is 64.6 Å². The number of rotatable bonds is 7. The first kappa shape index (κ1) is 16.1.